The average Bonchev–Trinajstić information content (AvgIpc) is 2.62. The lowest BCUT2D eigenvalue weighted by Crippen LogP contribution is -2.60. The molecule has 2 heterocycles. The fraction of sp³-hybridized carbons (Fsp3) is 0.765. The first kappa shape index (κ1) is 17.4. The summed E-state index contributed by atoms with van der Waals surface area (Å²) in [6, 6.07) is -0.189. The minimum atomic E-state index is -1.04. The van der Waals surface area contributed by atoms with E-state index in [1.54, 1.807) is 6.20 Å². The fourth-order valence-corrected chi connectivity index (χ4v) is 4.27. The number of carbonyl (C=O) groups excluding carboxylic acids is 2. The highest BCUT2D eigenvalue weighted by atomic mass is 19.1. The third-order valence-corrected chi connectivity index (χ3v) is 5.56. The number of piperazine rings is 1. The highest BCUT2D eigenvalue weighted by Gasteiger charge is 2.48. The first-order valence-corrected chi connectivity index (χ1v) is 8.75. The van der Waals surface area contributed by atoms with Crippen molar-refractivity contribution in [2.75, 3.05) is 39.8 Å². The van der Waals surface area contributed by atoms with E-state index >= 15 is 0 Å². The molecule has 1 saturated carbocycles. The molecule has 3 rings (SSSR count). The minimum Gasteiger partial charge on any atom is -0.465 e. The number of carbonyl (C=O) groups is 2. The van der Waals surface area contributed by atoms with Crippen molar-refractivity contribution in [3.63, 3.8) is 0 Å². The molecule has 2 fully saturated rings. The van der Waals surface area contributed by atoms with E-state index in [1.807, 2.05) is 11.8 Å². The van der Waals surface area contributed by atoms with Crippen molar-refractivity contribution in [3.8, 4) is 0 Å². The van der Waals surface area contributed by atoms with Gasteiger partial charge in [0.2, 0.25) is 0 Å². The van der Waals surface area contributed by atoms with Crippen molar-refractivity contribution in [2.45, 2.75) is 38.0 Å². The van der Waals surface area contributed by atoms with Crippen LogP contribution in [0.5, 0.6) is 0 Å². The van der Waals surface area contributed by atoms with Crippen LogP contribution in [-0.4, -0.2) is 79.6 Å². The van der Waals surface area contributed by atoms with Crippen molar-refractivity contribution in [3.05, 3.63) is 11.8 Å². The van der Waals surface area contributed by atoms with Gasteiger partial charge in [-0.25, -0.2) is 9.18 Å². The SMILES string of the molecule is CCN1C=C(C(=O)OC)C(=O)C2CC(F)C(N3CCNCC3)CC21. The number of ketones is 1. The van der Waals surface area contributed by atoms with E-state index in [0.717, 1.165) is 26.2 Å². The quantitative estimate of drug-likeness (QED) is 0.591. The molecule has 0 aromatic heterocycles. The number of rotatable bonds is 3. The zero-order valence-corrected chi connectivity index (χ0v) is 14.3. The van der Waals surface area contributed by atoms with Crippen LogP contribution >= 0.6 is 0 Å². The van der Waals surface area contributed by atoms with Crippen LogP contribution in [0.4, 0.5) is 4.39 Å². The van der Waals surface area contributed by atoms with Crippen LogP contribution < -0.4 is 5.32 Å². The van der Waals surface area contributed by atoms with E-state index in [9.17, 15) is 14.0 Å². The van der Waals surface area contributed by atoms with E-state index in [2.05, 4.69) is 10.2 Å². The molecular formula is C17H26FN3O3. The Morgan fingerprint density at radius 2 is 2.04 bits per heavy atom. The number of nitrogens with zero attached hydrogens (tertiary/aromatic N) is 2. The number of ether oxygens (including phenoxy) is 1. The molecule has 7 heteroatoms. The number of methoxy groups -OCH3 is 1. The highest BCUT2D eigenvalue weighted by Crippen LogP contribution is 2.38. The van der Waals surface area contributed by atoms with Gasteiger partial charge in [0.05, 0.1) is 7.11 Å². The summed E-state index contributed by atoms with van der Waals surface area (Å²) in [5.74, 6) is -1.35. The summed E-state index contributed by atoms with van der Waals surface area (Å²) in [6.07, 6.45) is 1.38. The molecule has 4 atom stereocenters. The number of esters is 1. The highest BCUT2D eigenvalue weighted by molar-refractivity contribution is 6.18. The van der Waals surface area contributed by atoms with Gasteiger partial charge >= 0.3 is 5.97 Å². The summed E-state index contributed by atoms with van der Waals surface area (Å²) >= 11 is 0. The summed E-state index contributed by atoms with van der Waals surface area (Å²) in [5, 5.41) is 3.29. The lowest BCUT2D eigenvalue weighted by molar-refractivity contribution is -0.140. The van der Waals surface area contributed by atoms with Crippen LogP contribution in [0.15, 0.2) is 11.8 Å². The molecule has 134 valence electrons. The molecule has 24 heavy (non-hydrogen) atoms. The second-order valence-electron chi connectivity index (χ2n) is 6.74. The molecule has 0 aromatic carbocycles. The zero-order chi connectivity index (χ0) is 17.3. The molecule has 0 amide bonds. The van der Waals surface area contributed by atoms with Gasteiger partial charge in [-0.05, 0) is 19.8 Å². The number of nitrogens with one attached hydrogen (secondary N) is 1. The standard InChI is InChI=1S/C17H26FN3O3/c1-3-20-10-12(17(23)24-2)16(22)11-8-13(18)15(9-14(11)20)21-6-4-19-5-7-21/h10-11,13-15,19H,3-9H2,1-2H3. The number of hydrogen-bond donors (Lipinski definition) is 1. The number of hydrogen-bond acceptors (Lipinski definition) is 6. The predicted molar refractivity (Wildman–Crippen MR) is 87.1 cm³/mol. The van der Waals surface area contributed by atoms with Crippen molar-refractivity contribution in [1.29, 1.82) is 0 Å². The van der Waals surface area contributed by atoms with Gasteiger partial charge in [-0.2, -0.15) is 0 Å². The Hall–Kier alpha value is -1.47. The molecule has 1 saturated heterocycles. The first-order valence-electron chi connectivity index (χ1n) is 8.75. The molecule has 1 N–H and O–H groups in total. The van der Waals surface area contributed by atoms with Crippen molar-refractivity contribution in [1.82, 2.24) is 15.1 Å². The topological polar surface area (TPSA) is 61.9 Å². The first-order chi connectivity index (χ1) is 11.6. The summed E-state index contributed by atoms with van der Waals surface area (Å²) in [6.45, 7) is 6.09. The molecule has 0 radical (unpaired) electrons. The van der Waals surface area contributed by atoms with Crippen molar-refractivity contribution in [2.24, 2.45) is 5.92 Å². The van der Waals surface area contributed by atoms with Crippen molar-refractivity contribution >= 4 is 11.8 Å². The van der Waals surface area contributed by atoms with Gasteiger partial charge < -0.3 is 15.0 Å². The van der Waals surface area contributed by atoms with Crippen LogP contribution in [0, 0.1) is 5.92 Å². The second kappa shape index (κ2) is 7.19. The van der Waals surface area contributed by atoms with Crippen LogP contribution in [0.1, 0.15) is 19.8 Å². The maximum atomic E-state index is 14.8. The van der Waals surface area contributed by atoms with Crippen molar-refractivity contribution < 1.29 is 18.7 Å². The van der Waals surface area contributed by atoms with Gasteiger partial charge in [-0.3, -0.25) is 9.69 Å². The van der Waals surface area contributed by atoms with Gasteiger partial charge in [0.1, 0.15) is 11.7 Å². The average molecular weight is 339 g/mol. The Bertz CT molecular complexity index is 533. The van der Waals surface area contributed by atoms with Gasteiger partial charge in [0.15, 0.2) is 5.78 Å². The Kier molecular flexibility index (Phi) is 5.20. The molecule has 0 bridgehead atoms. The maximum Gasteiger partial charge on any atom is 0.342 e. The van der Waals surface area contributed by atoms with E-state index in [0.29, 0.717) is 13.0 Å². The number of Topliss-reactive ketones (excluding diaryl/α,β-unsaturated/α-hetero) is 1. The van der Waals surface area contributed by atoms with Crippen LogP contribution in [0.25, 0.3) is 0 Å². The number of halogens is 1. The number of alkyl halides is 1. The number of fused-ring (bicyclic) bond motifs is 1. The Balaban J connectivity index is 1.83. The Morgan fingerprint density at radius 3 is 2.67 bits per heavy atom. The predicted octanol–water partition coefficient (Wildman–Crippen LogP) is 0.338. The summed E-state index contributed by atoms with van der Waals surface area (Å²) in [4.78, 5) is 28.7. The summed E-state index contributed by atoms with van der Waals surface area (Å²) in [7, 11) is 1.26. The molecule has 0 spiro atoms. The molecule has 1 aliphatic carbocycles. The van der Waals surface area contributed by atoms with E-state index in [4.69, 9.17) is 4.74 Å². The Labute approximate surface area is 142 Å². The van der Waals surface area contributed by atoms with E-state index in [-0.39, 0.29) is 29.9 Å². The lowest BCUT2D eigenvalue weighted by Gasteiger charge is -2.48. The zero-order valence-electron chi connectivity index (χ0n) is 14.3. The molecule has 2 aliphatic heterocycles. The third kappa shape index (κ3) is 3.07. The lowest BCUT2D eigenvalue weighted by atomic mass is 9.73. The van der Waals surface area contributed by atoms with Crippen LogP contribution in [0.3, 0.4) is 0 Å². The molecule has 0 aromatic rings. The fourth-order valence-electron chi connectivity index (χ4n) is 4.27. The second-order valence-corrected chi connectivity index (χ2v) is 6.74. The molecule has 4 unspecified atom stereocenters. The maximum absolute atomic E-state index is 14.8. The van der Waals surface area contributed by atoms with Crippen LogP contribution in [-0.2, 0) is 14.3 Å². The smallest absolute Gasteiger partial charge is 0.342 e. The summed E-state index contributed by atoms with van der Waals surface area (Å²) in [5.41, 5.74) is 0.0495. The summed E-state index contributed by atoms with van der Waals surface area (Å²) < 4.78 is 19.6. The largest absolute Gasteiger partial charge is 0.465 e. The monoisotopic (exact) mass is 339 g/mol. The van der Waals surface area contributed by atoms with E-state index < -0.39 is 18.1 Å². The van der Waals surface area contributed by atoms with Gasteiger partial charge in [0, 0.05) is 56.9 Å². The molecule has 6 nitrogen and oxygen atoms in total. The molecule has 3 aliphatic rings. The Morgan fingerprint density at radius 1 is 1.33 bits per heavy atom. The molecular weight excluding hydrogens is 313 g/mol. The van der Waals surface area contributed by atoms with Gasteiger partial charge in [0.25, 0.3) is 0 Å². The van der Waals surface area contributed by atoms with Gasteiger partial charge in [-0.15, -0.1) is 0 Å². The van der Waals surface area contributed by atoms with Gasteiger partial charge in [-0.1, -0.05) is 0 Å². The minimum absolute atomic E-state index is 0.0391. The van der Waals surface area contributed by atoms with Crippen LogP contribution in [0.2, 0.25) is 0 Å². The third-order valence-electron chi connectivity index (χ3n) is 5.56. The van der Waals surface area contributed by atoms with E-state index in [1.165, 1.54) is 7.11 Å². The normalized spacial score (nSPS) is 34.5.